The third-order valence-corrected chi connectivity index (χ3v) is 3.98. The number of alkyl carbamates (subject to hydrolysis) is 1. The molecule has 1 amide bonds. The van der Waals surface area contributed by atoms with E-state index in [9.17, 15) is 4.79 Å². The molecule has 0 fully saturated rings. The Hall–Kier alpha value is -2.41. The highest BCUT2D eigenvalue weighted by Gasteiger charge is 2.20. The standard InChI is InChI=1S/C14H21NO3.C9H13NO/c1-14(2,3)18-13(17)15-12(9-10-16)11-7-5-4-6-8-11;10-9(6-7-11)8-4-2-1-3-5-8/h4-8,12,16H,9-10H2,1-3H3,(H,15,17);1-5,9,11H,6-7,10H2/t12-;9-/m11/s1. The van der Waals surface area contributed by atoms with Crippen molar-refractivity contribution in [1.82, 2.24) is 5.32 Å². The normalized spacial score (nSPS) is 12.9. The molecule has 5 N–H and O–H groups in total. The molecule has 0 bridgehead atoms. The highest BCUT2D eigenvalue weighted by atomic mass is 16.6. The number of carbonyl (C=O) groups is 1. The third-order valence-electron chi connectivity index (χ3n) is 3.98. The SMILES string of the molecule is CC(C)(C)OC(=O)N[C@H](CCO)c1ccccc1.N[C@H](CCO)c1ccccc1. The number of nitrogens with one attached hydrogen (secondary N) is 1. The lowest BCUT2D eigenvalue weighted by molar-refractivity contribution is 0.0496. The fourth-order valence-electron chi connectivity index (χ4n) is 2.59. The predicted molar refractivity (Wildman–Crippen MR) is 115 cm³/mol. The van der Waals surface area contributed by atoms with Crippen molar-refractivity contribution in [3.8, 4) is 0 Å². The number of rotatable bonds is 7. The van der Waals surface area contributed by atoms with Crippen LogP contribution in [0.5, 0.6) is 0 Å². The topological polar surface area (TPSA) is 105 Å². The molecule has 0 saturated heterocycles. The van der Waals surface area contributed by atoms with E-state index >= 15 is 0 Å². The minimum atomic E-state index is -0.523. The summed E-state index contributed by atoms with van der Waals surface area (Å²) < 4.78 is 5.20. The van der Waals surface area contributed by atoms with Crippen LogP contribution in [-0.4, -0.2) is 35.1 Å². The van der Waals surface area contributed by atoms with Gasteiger partial charge < -0.3 is 26.0 Å². The smallest absolute Gasteiger partial charge is 0.408 e. The highest BCUT2D eigenvalue weighted by molar-refractivity contribution is 5.68. The molecule has 2 atom stereocenters. The van der Waals surface area contributed by atoms with Crippen molar-refractivity contribution in [2.24, 2.45) is 5.73 Å². The molecular weight excluding hydrogens is 368 g/mol. The number of ether oxygens (including phenoxy) is 1. The summed E-state index contributed by atoms with van der Waals surface area (Å²) in [4.78, 5) is 11.7. The zero-order valence-corrected chi connectivity index (χ0v) is 17.5. The second-order valence-electron chi connectivity index (χ2n) is 7.65. The van der Waals surface area contributed by atoms with Crippen molar-refractivity contribution in [1.29, 1.82) is 0 Å². The number of aliphatic hydroxyl groups is 2. The van der Waals surface area contributed by atoms with Gasteiger partial charge in [-0.05, 0) is 44.7 Å². The molecule has 0 aliphatic carbocycles. The minimum absolute atomic E-state index is 0.00928. The van der Waals surface area contributed by atoms with Gasteiger partial charge in [-0.3, -0.25) is 0 Å². The molecule has 2 rings (SSSR count). The lowest BCUT2D eigenvalue weighted by Gasteiger charge is -2.23. The van der Waals surface area contributed by atoms with E-state index in [2.05, 4.69) is 5.32 Å². The monoisotopic (exact) mass is 402 g/mol. The number of hydrogen-bond donors (Lipinski definition) is 4. The van der Waals surface area contributed by atoms with Gasteiger partial charge in [-0.15, -0.1) is 0 Å². The molecule has 0 heterocycles. The molecule has 2 aromatic carbocycles. The van der Waals surface area contributed by atoms with Crippen molar-refractivity contribution in [2.75, 3.05) is 13.2 Å². The molecule has 0 radical (unpaired) electrons. The molecule has 29 heavy (non-hydrogen) atoms. The average Bonchev–Trinajstić information content (AvgIpc) is 2.68. The Balaban J connectivity index is 0.000000326. The predicted octanol–water partition coefficient (Wildman–Crippen LogP) is 3.70. The minimum Gasteiger partial charge on any atom is -0.444 e. The van der Waals surface area contributed by atoms with Gasteiger partial charge in [0.25, 0.3) is 0 Å². The van der Waals surface area contributed by atoms with Crippen molar-refractivity contribution in [2.45, 2.75) is 51.3 Å². The van der Waals surface area contributed by atoms with Gasteiger partial charge in [0, 0.05) is 19.3 Å². The number of aliphatic hydroxyl groups excluding tert-OH is 2. The Labute approximate surface area is 173 Å². The number of carbonyl (C=O) groups excluding carboxylic acids is 1. The second-order valence-corrected chi connectivity index (χ2v) is 7.65. The van der Waals surface area contributed by atoms with Gasteiger partial charge in [-0.25, -0.2) is 4.79 Å². The van der Waals surface area contributed by atoms with Crippen LogP contribution in [0.3, 0.4) is 0 Å². The van der Waals surface area contributed by atoms with Crippen LogP contribution in [0.2, 0.25) is 0 Å². The van der Waals surface area contributed by atoms with Crippen LogP contribution in [-0.2, 0) is 4.74 Å². The summed E-state index contributed by atoms with van der Waals surface area (Å²) in [5, 5.41) is 20.4. The summed E-state index contributed by atoms with van der Waals surface area (Å²) in [6, 6.07) is 19.1. The molecule has 160 valence electrons. The Bertz CT molecular complexity index is 687. The van der Waals surface area contributed by atoms with Crippen LogP contribution in [0.15, 0.2) is 60.7 Å². The Kier molecular flexibility index (Phi) is 11.0. The molecule has 0 spiro atoms. The number of amides is 1. The van der Waals surface area contributed by atoms with Gasteiger partial charge in [0.05, 0.1) is 6.04 Å². The maximum atomic E-state index is 11.7. The van der Waals surface area contributed by atoms with E-state index in [1.54, 1.807) is 0 Å². The van der Waals surface area contributed by atoms with E-state index in [1.807, 2.05) is 81.4 Å². The van der Waals surface area contributed by atoms with E-state index < -0.39 is 11.7 Å². The van der Waals surface area contributed by atoms with Gasteiger partial charge >= 0.3 is 6.09 Å². The van der Waals surface area contributed by atoms with E-state index in [4.69, 9.17) is 20.7 Å². The van der Waals surface area contributed by atoms with Gasteiger partial charge in [0.15, 0.2) is 0 Å². The summed E-state index contributed by atoms with van der Waals surface area (Å²) in [5.74, 6) is 0. The molecule has 0 aliphatic heterocycles. The lowest BCUT2D eigenvalue weighted by Crippen LogP contribution is -2.35. The van der Waals surface area contributed by atoms with E-state index in [-0.39, 0.29) is 25.3 Å². The lowest BCUT2D eigenvalue weighted by atomic mass is 10.0. The molecule has 6 nitrogen and oxygen atoms in total. The van der Waals surface area contributed by atoms with Gasteiger partial charge in [0.1, 0.15) is 5.60 Å². The summed E-state index contributed by atoms with van der Waals surface area (Å²) in [6.07, 6.45) is 0.623. The first-order valence-corrected chi connectivity index (χ1v) is 9.83. The number of benzene rings is 2. The molecule has 6 heteroatoms. The molecular formula is C23H34N2O4. The van der Waals surface area contributed by atoms with Crippen LogP contribution in [0, 0.1) is 0 Å². The highest BCUT2D eigenvalue weighted by Crippen LogP contribution is 2.17. The Morgan fingerprint density at radius 2 is 1.41 bits per heavy atom. The Morgan fingerprint density at radius 1 is 0.931 bits per heavy atom. The fraction of sp³-hybridized carbons (Fsp3) is 0.435. The van der Waals surface area contributed by atoms with Crippen LogP contribution in [0.4, 0.5) is 4.79 Å². The summed E-state index contributed by atoms with van der Waals surface area (Å²) in [7, 11) is 0. The van der Waals surface area contributed by atoms with Crippen molar-refractivity contribution < 1.29 is 19.7 Å². The maximum absolute atomic E-state index is 11.7. The third kappa shape index (κ3) is 10.6. The van der Waals surface area contributed by atoms with Gasteiger partial charge in [-0.1, -0.05) is 60.7 Å². The van der Waals surface area contributed by atoms with Crippen LogP contribution in [0.25, 0.3) is 0 Å². The first-order valence-electron chi connectivity index (χ1n) is 9.83. The van der Waals surface area contributed by atoms with Crippen molar-refractivity contribution >= 4 is 6.09 Å². The van der Waals surface area contributed by atoms with Crippen molar-refractivity contribution in [3.05, 3.63) is 71.8 Å². The maximum Gasteiger partial charge on any atom is 0.408 e. The fourth-order valence-corrected chi connectivity index (χ4v) is 2.59. The number of hydrogen-bond acceptors (Lipinski definition) is 5. The number of nitrogens with two attached hydrogens (primary N) is 1. The summed E-state index contributed by atoms with van der Waals surface area (Å²) in [6.45, 7) is 5.61. The molecule has 0 unspecified atom stereocenters. The van der Waals surface area contributed by atoms with E-state index in [1.165, 1.54) is 0 Å². The molecule has 0 aromatic heterocycles. The van der Waals surface area contributed by atoms with E-state index in [0.717, 1.165) is 11.1 Å². The zero-order valence-electron chi connectivity index (χ0n) is 17.5. The first kappa shape index (κ1) is 24.6. The molecule has 2 aromatic rings. The second kappa shape index (κ2) is 12.9. The summed E-state index contributed by atoms with van der Waals surface area (Å²) >= 11 is 0. The van der Waals surface area contributed by atoms with Crippen LogP contribution in [0.1, 0.15) is 56.8 Å². The summed E-state index contributed by atoms with van der Waals surface area (Å²) in [5.41, 5.74) is 7.26. The van der Waals surface area contributed by atoms with Gasteiger partial charge in [-0.2, -0.15) is 0 Å². The largest absolute Gasteiger partial charge is 0.444 e. The molecule has 0 aliphatic rings. The average molecular weight is 403 g/mol. The Morgan fingerprint density at radius 3 is 1.86 bits per heavy atom. The van der Waals surface area contributed by atoms with E-state index in [0.29, 0.717) is 12.8 Å². The molecule has 0 saturated carbocycles. The van der Waals surface area contributed by atoms with Gasteiger partial charge in [0.2, 0.25) is 0 Å². The van der Waals surface area contributed by atoms with Crippen LogP contribution < -0.4 is 11.1 Å². The van der Waals surface area contributed by atoms with Crippen LogP contribution >= 0.6 is 0 Å². The van der Waals surface area contributed by atoms with Crippen molar-refractivity contribution in [3.63, 3.8) is 0 Å². The quantitative estimate of drug-likeness (QED) is 0.565. The zero-order chi connectivity index (χ0) is 21.7. The first-order chi connectivity index (χ1) is 13.8.